The summed E-state index contributed by atoms with van der Waals surface area (Å²) in [7, 11) is 0. The van der Waals surface area contributed by atoms with Crippen LogP contribution in [0.5, 0.6) is 0 Å². The van der Waals surface area contributed by atoms with Gasteiger partial charge in [-0.25, -0.2) is 0 Å². The van der Waals surface area contributed by atoms with E-state index in [1.807, 2.05) is 0 Å². The van der Waals surface area contributed by atoms with Gasteiger partial charge in [-0.15, -0.1) is 0 Å². The van der Waals surface area contributed by atoms with Gasteiger partial charge in [-0.1, -0.05) is 13.8 Å². The zero-order valence-corrected chi connectivity index (χ0v) is 9.49. The van der Waals surface area contributed by atoms with E-state index in [4.69, 9.17) is 5.11 Å². The molecule has 4 atom stereocenters. The summed E-state index contributed by atoms with van der Waals surface area (Å²) in [5.74, 6) is 2.11. The summed E-state index contributed by atoms with van der Waals surface area (Å²) in [5.41, 5.74) is 0. The Labute approximate surface area is 86.7 Å². The third-order valence-corrected chi connectivity index (χ3v) is 3.85. The Morgan fingerprint density at radius 2 is 2.14 bits per heavy atom. The molecule has 82 valence electrons. The van der Waals surface area contributed by atoms with Gasteiger partial charge in [-0.05, 0) is 43.9 Å². The fourth-order valence-electron chi connectivity index (χ4n) is 2.65. The van der Waals surface area contributed by atoms with Gasteiger partial charge in [0.1, 0.15) is 5.78 Å². The van der Waals surface area contributed by atoms with Crippen LogP contribution in [0.1, 0.15) is 40.0 Å². The van der Waals surface area contributed by atoms with Crippen molar-refractivity contribution in [3.63, 3.8) is 0 Å². The van der Waals surface area contributed by atoms with Crippen LogP contribution in [0.2, 0.25) is 0 Å². The predicted molar refractivity (Wildman–Crippen MR) is 56.9 cm³/mol. The molecule has 2 heteroatoms. The Morgan fingerprint density at radius 3 is 2.64 bits per heavy atom. The van der Waals surface area contributed by atoms with Gasteiger partial charge in [0.2, 0.25) is 0 Å². The highest BCUT2D eigenvalue weighted by atomic mass is 16.3. The molecule has 1 N–H and O–H groups in total. The molecule has 0 bridgehead atoms. The van der Waals surface area contributed by atoms with Crippen molar-refractivity contribution in [1.29, 1.82) is 0 Å². The molecule has 1 rings (SSSR count). The molecule has 0 aromatic carbocycles. The number of aliphatic hydroxyl groups is 1. The lowest BCUT2D eigenvalue weighted by atomic mass is 9.69. The van der Waals surface area contributed by atoms with E-state index in [-0.39, 0.29) is 12.5 Å². The quantitative estimate of drug-likeness (QED) is 0.755. The van der Waals surface area contributed by atoms with Crippen LogP contribution in [0.4, 0.5) is 0 Å². The van der Waals surface area contributed by atoms with Crippen LogP contribution < -0.4 is 0 Å². The van der Waals surface area contributed by atoms with Crippen molar-refractivity contribution in [3.05, 3.63) is 0 Å². The van der Waals surface area contributed by atoms with Crippen LogP contribution in [0, 0.1) is 23.7 Å². The predicted octanol–water partition coefficient (Wildman–Crippen LogP) is 2.26. The second-order valence-electron chi connectivity index (χ2n) is 4.92. The highest BCUT2D eigenvalue weighted by Gasteiger charge is 2.32. The third kappa shape index (κ3) is 2.57. The fraction of sp³-hybridized carbons (Fsp3) is 0.917. The van der Waals surface area contributed by atoms with E-state index in [9.17, 15) is 4.79 Å². The number of carbonyl (C=O) groups is 1. The molecule has 0 aromatic rings. The summed E-state index contributed by atoms with van der Waals surface area (Å²) in [4.78, 5) is 11.3. The first-order valence-electron chi connectivity index (χ1n) is 5.67. The Balaban J connectivity index is 2.59. The average molecular weight is 198 g/mol. The van der Waals surface area contributed by atoms with Crippen LogP contribution in [0.25, 0.3) is 0 Å². The van der Waals surface area contributed by atoms with Crippen LogP contribution >= 0.6 is 0 Å². The second kappa shape index (κ2) is 4.92. The summed E-state index contributed by atoms with van der Waals surface area (Å²) < 4.78 is 0. The normalized spacial score (nSPS) is 35.3. The summed E-state index contributed by atoms with van der Waals surface area (Å²) in [6, 6.07) is 0. The van der Waals surface area contributed by atoms with Gasteiger partial charge < -0.3 is 5.11 Å². The van der Waals surface area contributed by atoms with E-state index >= 15 is 0 Å². The van der Waals surface area contributed by atoms with E-state index in [1.54, 1.807) is 6.92 Å². The number of aliphatic hydroxyl groups excluding tert-OH is 1. The molecule has 0 aliphatic heterocycles. The lowest BCUT2D eigenvalue weighted by Crippen LogP contribution is -2.32. The van der Waals surface area contributed by atoms with Gasteiger partial charge in [0.05, 0.1) is 0 Å². The molecule has 0 radical (unpaired) electrons. The van der Waals surface area contributed by atoms with E-state index in [2.05, 4.69) is 13.8 Å². The van der Waals surface area contributed by atoms with Gasteiger partial charge in [-0.3, -0.25) is 4.79 Å². The lowest BCUT2D eigenvalue weighted by Gasteiger charge is -2.36. The van der Waals surface area contributed by atoms with Gasteiger partial charge in [0, 0.05) is 12.5 Å². The highest BCUT2D eigenvalue weighted by molar-refractivity contribution is 5.78. The van der Waals surface area contributed by atoms with Crippen molar-refractivity contribution >= 4 is 5.78 Å². The van der Waals surface area contributed by atoms with E-state index in [1.165, 1.54) is 0 Å². The van der Waals surface area contributed by atoms with Crippen molar-refractivity contribution in [2.75, 3.05) is 6.61 Å². The molecule has 0 amide bonds. The first kappa shape index (κ1) is 11.7. The van der Waals surface area contributed by atoms with Crippen molar-refractivity contribution in [2.24, 2.45) is 23.7 Å². The van der Waals surface area contributed by atoms with Crippen molar-refractivity contribution in [3.8, 4) is 0 Å². The molecule has 0 unspecified atom stereocenters. The smallest absolute Gasteiger partial charge is 0.132 e. The van der Waals surface area contributed by atoms with Gasteiger partial charge >= 0.3 is 0 Å². The van der Waals surface area contributed by atoms with E-state index in [0.29, 0.717) is 23.5 Å². The van der Waals surface area contributed by atoms with Crippen LogP contribution in [-0.4, -0.2) is 17.5 Å². The standard InChI is InChI=1S/C12H22O2/c1-8-4-5-11(10(3)14)6-12(8)9(2)7-13/h8-9,11-13H,4-7H2,1-3H3/t8-,9+,11+,12+/m1/s1. The first-order valence-corrected chi connectivity index (χ1v) is 5.67. The lowest BCUT2D eigenvalue weighted by molar-refractivity contribution is -0.123. The summed E-state index contributed by atoms with van der Waals surface area (Å²) in [5, 5.41) is 9.14. The molecule has 1 aliphatic carbocycles. The Hall–Kier alpha value is -0.370. The zero-order valence-electron chi connectivity index (χ0n) is 9.49. The minimum atomic E-state index is 0.250. The molecule has 1 saturated carbocycles. The Kier molecular flexibility index (Phi) is 4.11. The first-order chi connectivity index (χ1) is 6.56. The number of Topliss-reactive ketones (excluding diaryl/α,β-unsaturated/α-hetero) is 1. The fourth-order valence-corrected chi connectivity index (χ4v) is 2.65. The van der Waals surface area contributed by atoms with E-state index < -0.39 is 0 Å². The maximum Gasteiger partial charge on any atom is 0.132 e. The molecule has 14 heavy (non-hydrogen) atoms. The zero-order chi connectivity index (χ0) is 10.7. The molecule has 0 heterocycles. The SMILES string of the molecule is CC(=O)[C@H]1CC[C@@H](C)[C@@H]([C@@H](C)CO)C1. The number of rotatable bonds is 3. The molecule has 0 spiro atoms. The molecular weight excluding hydrogens is 176 g/mol. The maximum absolute atomic E-state index is 11.3. The average Bonchev–Trinajstić information content (AvgIpc) is 2.17. The number of carbonyl (C=O) groups excluding carboxylic acids is 1. The largest absolute Gasteiger partial charge is 0.396 e. The minimum Gasteiger partial charge on any atom is -0.396 e. The number of hydrogen-bond donors (Lipinski definition) is 1. The summed E-state index contributed by atoms with van der Waals surface area (Å²) >= 11 is 0. The minimum absolute atomic E-state index is 0.250. The van der Waals surface area contributed by atoms with Gasteiger partial charge in [0.25, 0.3) is 0 Å². The van der Waals surface area contributed by atoms with Gasteiger partial charge in [0.15, 0.2) is 0 Å². The van der Waals surface area contributed by atoms with E-state index in [0.717, 1.165) is 19.3 Å². The van der Waals surface area contributed by atoms with Crippen LogP contribution in [0.3, 0.4) is 0 Å². The number of ketones is 1. The maximum atomic E-state index is 11.3. The molecule has 0 saturated heterocycles. The Bertz CT molecular complexity index is 196. The molecule has 2 nitrogen and oxygen atoms in total. The molecule has 1 aliphatic rings. The Morgan fingerprint density at radius 1 is 1.50 bits per heavy atom. The number of hydrogen-bond acceptors (Lipinski definition) is 2. The molecule has 1 fully saturated rings. The van der Waals surface area contributed by atoms with Gasteiger partial charge in [-0.2, -0.15) is 0 Å². The third-order valence-electron chi connectivity index (χ3n) is 3.85. The van der Waals surface area contributed by atoms with Crippen molar-refractivity contribution < 1.29 is 9.90 Å². The second-order valence-corrected chi connectivity index (χ2v) is 4.92. The molecule has 0 aromatic heterocycles. The molecular formula is C12H22O2. The van der Waals surface area contributed by atoms with Crippen LogP contribution in [-0.2, 0) is 4.79 Å². The van der Waals surface area contributed by atoms with Crippen LogP contribution in [0.15, 0.2) is 0 Å². The topological polar surface area (TPSA) is 37.3 Å². The summed E-state index contributed by atoms with van der Waals surface area (Å²) in [6.07, 6.45) is 3.17. The van der Waals surface area contributed by atoms with Crippen molar-refractivity contribution in [2.45, 2.75) is 40.0 Å². The highest BCUT2D eigenvalue weighted by Crippen LogP contribution is 2.38. The summed E-state index contributed by atoms with van der Waals surface area (Å²) in [6.45, 7) is 6.28. The monoisotopic (exact) mass is 198 g/mol. The van der Waals surface area contributed by atoms with Crippen molar-refractivity contribution in [1.82, 2.24) is 0 Å².